The number of methoxy groups -OCH3 is 1. The molecule has 0 aliphatic heterocycles. The van der Waals surface area contributed by atoms with Crippen LogP contribution < -0.4 is 15.6 Å². The second-order valence-electron chi connectivity index (χ2n) is 8.19. The van der Waals surface area contributed by atoms with Crippen molar-refractivity contribution in [3.05, 3.63) is 74.9 Å². The molecule has 0 aliphatic rings. The largest absolute Gasteiger partial charge is 0.497 e. The fourth-order valence-corrected chi connectivity index (χ4v) is 4.95. The van der Waals surface area contributed by atoms with Crippen LogP contribution in [0.2, 0.25) is 0 Å². The van der Waals surface area contributed by atoms with Crippen LogP contribution in [0.1, 0.15) is 36.1 Å². The lowest BCUT2D eigenvalue weighted by Crippen LogP contribution is -2.33. The van der Waals surface area contributed by atoms with Gasteiger partial charge >= 0.3 is 0 Å². The molecule has 0 aliphatic carbocycles. The van der Waals surface area contributed by atoms with Crippen molar-refractivity contribution >= 4 is 33.3 Å². The molecule has 2 aromatic carbocycles. The first-order chi connectivity index (χ1) is 15.8. The van der Waals surface area contributed by atoms with Gasteiger partial charge in [0.05, 0.1) is 18.3 Å². The van der Waals surface area contributed by atoms with Crippen LogP contribution in [-0.4, -0.2) is 22.6 Å². The molecule has 0 saturated carbocycles. The summed E-state index contributed by atoms with van der Waals surface area (Å²) in [5.74, 6) is 0.523. The van der Waals surface area contributed by atoms with Gasteiger partial charge in [0, 0.05) is 22.4 Å². The van der Waals surface area contributed by atoms with E-state index in [1.807, 2.05) is 63.4 Å². The molecule has 1 amide bonds. The van der Waals surface area contributed by atoms with E-state index in [-0.39, 0.29) is 11.5 Å². The molecule has 0 fully saturated rings. The van der Waals surface area contributed by atoms with Crippen molar-refractivity contribution in [2.45, 2.75) is 40.2 Å². The number of fused-ring (bicyclic) bond motifs is 1. The third-order valence-electron chi connectivity index (χ3n) is 5.81. The van der Waals surface area contributed by atoms with Crippen LogP contribution >= 0.6 is 11.3 Å². The van der Waals surface area contributed by atoms with E-state index in [0.717, 1.165) is 44.6 Å². The number of ether oxygens (including phenoxy) is 1. The van der Waals surface area contributed by atoms with Gasteiger partial charge in [-0.15, -0.1) is 11.3 Å². The number of hydrogen-bond donors (Lipinski definition) is 1. The molecule has 1 unspecified atom stereocenters. The highest BCUT2D eigenvalue weighted by molar-refractivity contribution is 7.14. The average molecular weight is 462 g/mol. The van der Waals surface area contributed by atoms with Gasteiger partial charge in [-0.2, -0.15) is 0 Å². The topological polar surface area (TPSA) is 73.2 Å². The monoisotopic (exact) mass is 461 g/mol. The van der Waals surface area contributed by atoms with E-state index in [1.165, 1.54) is 11.3 Å². The fourth-order valence-electron chi connectivity index (χ4n) is 4.23. The van der Waals surface area contributed by atoms with Crippen LogP contribution in [0, 0.1) is 20.8 Å². The second kappa shape index (κ2) is 9.19. The van der Waals surface area contributed by atoms with Crippen molar-refractivity contribution in [2.24, 2.45) is 0 Å². The van der Waals surface area contributed by atoms with Crippen molar-refractivity contribution in [1.29, 1.82) is 0 Å². The molecule has 6 nitrogen and oxygen atoms in total. The Morgan fingerprint density at radius 2 is 1.85 bits per heavy atom. The Balaban J connectivity index is 1.67. The number of anilines is 1. The van der Waals surface area contributed by atoms with Crippen LogP contribution in [0.15, 0.2) is 52.6 Å². The third-order valence-corrected chi connectivity index (χ3v) is 6.57. The lowest BCUT2D eigenvalue weighted by atomic mass is 10.0. The van der Waals surface area contributed by atoms with E-state index < -0.39 is 6.04 Å². The Hall–Kier alpha value is -3.45. The number of aryl methyl sites for hydroxylation is 3. The number of hydrogen-bond acceptors (Lipinski definition) is 5. The standard InChI is InChI=1S/C26H27N3O3S/c1-6-22(29-23(30)13-16(3)20-12-15(2)11-17(4)24(20)29)25(31)28-26-27-21(14-33-26)18-7-9-19(32-5)10-8-18/h7-14,22H,6H2,1-5H3,(H,27,28,31). The van der Waals surface area contributed by atoms with Crippen molar-refractivity contribution in [1.82, 2.24) is 9.55 Å². The minimum Gasteiger partial charge on any atom is -0.497 e. The van der Waals surface area contributed by atoms with Crippen molar-refractivity contribution < 1.29 is 9.53 Å². The number of pyridine rings is 1. The van der Waals surface area contributed by atoms with E-state index in [0.29, 0.717) is 11.6 Å². The van der Waals surface area contributed by atoms with E-state index >= 15 is 0 Å². The molecule has 0 bridgehead atoms. The number of thiazole rings is 1. The maximum absolute atomic E-state index is 13.3. The highest BCUT2D eigenvalue weighted by atomic mass is 32.1. The Labute approximate surface area is 196 Å². The van der Waals surface area contributed by atoms with E-state index in [1.54, 1.807) is 17.7 Å². The molecule has 0 spiro atoms. The van der Waals surface area contributed by atoms with Gasteiger partial charge < -0.3 is 10.1 Å². The van der Waals surface area contributed by atoms with Crippen molar-refractivity contribution in [3.8, 4) is 17.0 Å². The lowest BCUT2D eigenvalue weighted by Gasteiger charge is -2.22. The molecule has 0 saturated heterocycles. The Morgan fingerprint density at radius 1 is 1.12 bits per heavy atom. The SMILES string of the molecule is CCC(C(=O)Nc1nc(-c2ccc(OC)cc2)cs1)n1c(=O)cc(C)c2cc(C)cc(C)c21. The van der Waals surface area contributed by atoms with Crippen molar-refractivity contribution in [2.75, 3.05) is 12.4 Å². The molecule has 170 valence electrons. The van der Waals surface area contributed by atoms with Crippen LogP contribution in [0.3, 0.4) is 0 Å². The number of nitrogens with zero attached hydrogens (tertiary/aromatic N) is 2. The highest BCUT2D eigenvalue weighted by Crippen LogP contribution is 2.29. The van der Waals surface area contributed by atoms with Gasteiger partial charge in [-0.05, 0) is 68.7 Å². The van der Waals surface area contributed by atoms with Gasteiger partial charge in [-0.25, -0.2) is 4.98 Å². The first-order valence-electron chi connectivity index (χ1n) is 10.9. The predicted octanol–water partition coefficient (Wildman–Crippen LogP) is 5.65. The molecule has 7 heteroatoms. The number of nitrogens with one attached hydrogen (secondary N) is 1. The van der Waals surface area contributed by atoms with Crippen LogP contribution in [0.4, 0.5) is 5.13 Å². The summed E-state index contributed by atoms with van der Waals surface area (Å²) in [5, 5.41) is 6.32. The van der Waals surface area contributed by atoms with Gasteiger partial charge in [0.15, 0.2) is 5.13 Å². The Morgan fingerprint density at radius 3 is 2.52 bits per heavy atom. The summed E-state index contributed by atoms with van der Waals surface area (Å²) in [4.78, 5) is 30.9. The average Bonchev–Trinajstić information content (AvgIpc) is 3.25. The van der Waals surface area contributed by atoms with Gasteiger partial charge in [-0.1, -0.05) is 18.6 Å². The number of carbonyl (C=O) groups excluding carboxylic acids is 1. The van der Waals surface area contributed by atoms with Crippen LogP contribution in [-0.2, 0) is 4.79 Å². The van der Waals surface area contributed by atoms with Crippen LogP contribution in [0.5, 0.6) is 5.75 Å². The van der Waals surface area contributed by atoms with Crippen molar-refractivity contribution in [3.63, 3.8) is 0 Å². The molecule has 2 heterocycles. The normalized spacial score (nSPS) is 12.0. The highest BCUT2D eigenvalue weighted by Gasteiger charge is 2.24. The molecule has 1 N–H and O–H groups in total. The molecule has 4 aromatic rings. The zero-order chi connectivity index (χ0) is 23.7. The summed E-state index contributed by atoms with van der Waals surface area (Å²) in [5.41, 5.74) is 5.37. The van der Waals surface area contributed by atoms with Crippen LogP contribution in [0.25, 0.3) is 22.2 Å². The molecule has 4 rings (SSSR count). The molecule has 2 aromatic heterocycles. The molecule has 0 radical (unpaired) electrons. The molecular weight excluding hydrogens is 434 g/mol. The number of rotatable bonds is 6. The quantitative estimate of drug-likeness (QED) is 0.403. The predicted molar refractivity (Wildman–Crippen MR) is 134 cm³/mol. The van der Waals surface area contributed by atoms with Gasteiger partial charge in [0.1, 0.15) is 11.8 Å². The minimum absolute atomic E-state index is 0.174. The smallest absolute Gasteiger partial charge is 0.252 e. The number of aromatic nitrogens is 2. The Bertz CT molecular complexity index is 1390. The fraction of sp³-hybridized carbons (Fsp3) is 0.269. The second-order valence-corrected chi connectivity index (χ2v) is 9.05. The van der Waals surface area contributed by atoms with Gasteiger partial charge in [-0.3, -0.25) is 14.2 Å². The summed E-state index contributed by atoms with van der Waals surface area (Å²) in [6.45, 7) is 7.87. The Kier molecular flexibility index (Phi) is 6.33. The summed E-state index contributed by atoms with van der Waals surface area (Å²) in [7, 11) is 1.63. The third kappa shape index (κ3) is 4.41. The molecule has 33 heavy (non-hydrogen) atoms. The minimum atomic E-state index is -0.643. The first-order valence-corrected chi connectivity index (χ1v) is 11.7. The molecule has 1 atom stereocenters. The zero-order valence-corrected chi connectivity index (χ0v) is 20.2. The van der Waals surface area contributed by atoms with E-state index in [4.69, 9.17) is 4.74 Å². The summed E-state index contributed by atoms with van der Waals surface area (Å²) < 4.78 is 6.83. The summed E-state index contributed by atoms with van der Waals surface area (Å²) in [6.07, 6.45) is 0.480. The number of amides is 1. The summed E-state index contributed by atoms with van der Waals surface area (Å²) >= 11 is 1.36. The van der Waals surface area contributed by atoms with E-state index in [9.17, 15) is 9.59 Å². The zero-order valence-electron chi connectivity index (χ0n) is 19.4. The number of benzene rings is 2. The maximum atomic E-state index is 13.3. The number of carbonyl (C=O) groups is 1. The van der Waals surface area contributed by atoms with Gasteiger partial charge in [0.2, 0.25) is 5.91 Å². The summed E-state index contributed by atoms with van der Waals surface area (Å²) in [6, 6.07) is 12.7. The molecular formula is C26H27N3O3S. The lowest BCUT2D eigenvalue weighted by molar-refractivity contribution is -0.119. The first kappa shape index (κ1) is 22.7. The van der Waals surface area contributed by atoms with Gasteiger partial charge in [0.25, 0.3) is 5.56 Å². The maximum Gasteiger partial charge on any atom is 0.252 e. The van der Waals surface area contributed by atoms with E-state index in [2.05, 4.69) is 16.4 Å².